The summed E-state index contributed by atoms with van der Waals surface area (Å²) in [5, 5.41) is 6.00. The van der Waals surface area contributed by atoms with E-state index in [9.17, 15) is 4.79 Å². The number of thioether (sulfide) groups is 1. The number of hydrogen-bond donors (Lipinski definition) is 1. The number of benzene rings is 1. The Hall–Kier alpha value is -2.67. The standard InChI is InChI=1S/C16H13N5OS/c22-15(13-9-17-5-6-18-13)20-12-3-1-11(2-4-12)14-10-23-16-19-7-8-21(14)16/h1-6,9-10H,7-8H2,(H,20,22). The molecule has 0 aliphatic carbocycles. The average Bonchev–Trinajstić information content (AvgIpc) is 3.20. The van der Waals surface area contributed by atoms with Gasteiger partial charge < -0.3 is 10.2 Å². The second kappa shape index (κ2) is 5.85. The lowest BCUT2D eigenvalue weighted by Gasteiger charge is -2.16. The fourth-order valence-electron chi connectivity index (χ4n) is 2.48. The molecule has 0 unspecified atom stereocenters. The Balaban J connectivity index is 1.48. The topological polar surface area (TPSA) is 70.5 Å². The lowest BCUT2D eigenvalue weighted by Crippen LogP contribution is -2.19. The lowest BCUT2D eigenvalue weighted by atomic mass is 10.1. The van der Waals surface area contributed by atoms with Crippen LogP contribution in [0.15, 0.2) is 53.3 Å². The van der Waals surface area contributed by atoms with E-state index < -0.39 is 0 Å². The first-order chi connectivity index (χ1) is 11.3. The van der Waals surface area contributed by atoms with E-state index in [0.717, 1.165) is 35.2 Å². The van der Waals surface area contributed by atoms with Gasteiger partial charge in [0.25, 0.3) is 5.91 Å². The normalized spacial score (nSPS) is 15.9. The second-order valence-electron chi connectivity index (χ2n) is 5.06. The molecule has 2 aromatic rings. The SMILES string of the molecule is O=C(Nc1ccc(C2=CSC3=NCCN23)cc1)c1cnccn1. The molecule has 0 atom stereocenters. The zero-order valence-corrected chi connectivity index (χ0v) is 13.0. The van der Waals surface area contributed by atoms with Gasteiger partial charge in [-0.25, -0.2) is 4.98 Å². The summed E-state index contributed by atoms with van der Waals surface area (Å²) in [6.45, 7) is 1.78. The molecule has 1 N–H and O–H groups in total. The van der Waals surface area contributed by atoms with Crippen LogP contribution in [0.5, 0.6) is 0 Å². The van der Waals surface area contributed by atoms with Crippen molar-refractivity contribution in [2.75, 3.05) is 18.4 Å². The minimum atomic E-state index is -0.268. The number of amides is 1. The Kier molecular flexibility index (Phi) is 3.55. The van der Waals surface area contributed by atoms with Crippen molar-refractivity contribution in [3.63, 3.8) is 0 Å². The molecule has 7 heteroatoms. The lowest BCUT2D eigenvalue weighted by molar-refractivity contribution is 0.102. The molecule has 0 spiro atoms. The van der Waals surface area contributed by atoms with Crippen molar-refractivity contribution >= 4 is 34.2 Å². The predicted octanol–water partition coefficient (Wildman–Crippen LogP) is 2.45. The molecular formula is C16H13N5OS. The van der Waals surface area contributed by atoms with Crippen LogP contribution >= 0.6 is 11.8 Å². The second-order valence-corrected chi connectivity index (χ2v) is 5.90. The van der Waals surface area contributed by atoms with E-state index in [0.29, 0.717) is 5.69 Å². The molecular weight excluding hydrogens is 310 g/mol. The van der Waals surface area contributed by atoms with Crippen LogP contribution in [0.4, 0.5) is 5.69 Å². The molecule has 6 nitrogen and oxygen atoms in total. The molecule has 1 aromatic heterocycles. The molecule has 0 saturated carbocycles. The molecule has 0 saturated heterocycles. The maximum Gasteiger partial charge on any atom is 0.275 e. The number of amidine groups is 1. The monoisotopic (exact) mass is 323 g/mol. The highest BCUT2D eigenvalue weighted by molar-refractivity contribution is 8.16. The van der Waals surface area contributed by atoms with Crippen molar-refractivity contribution in [2.45, 2.75) is 0 Å². The predicted molar refractivity (Wildman–Crippen MR) is 91.0 cm³/mol. The first-order valence-electron chi connectivity index (χ1n) is 7.18. The number of nitrogens with one attached hydrogen (secondary N) is 1. The number of rotatable bonds is 3. The summed E-state index contributed by atoms with van der Waals surface area (Å²) in [7, 11) is 0. The van der Waals surface area contributed by atoms with Gasteiger partial charge in [-0.15, -0.1) is 0 Å². The van der Waals surface area contributed by atoms with Gasteiger partial charge in [0.1, 0.15) is 5.69 Å². The third-order valence-corrected chi connectivity index (χ3v) is 4.50. The van der Waals surface area contributed by atoms with Crippen LogP contribution in [-0.2, 0) is 0 Å². The van der Waals surface area contributed by atoms with E-state index in [1.54, 1.807) is 11.8 Å². The molecule has 0 radical (unpaired) electrons. The number of carbonyl (C=O) groups is 1. The van der Waals surface area contributed by atoms with Gasteiger partial charge in [0.05, 0.1) is 18.4 Å². The summed E-state index contributed by atoms with van der Waals surface area (Å²) < 4.78 is 0. The summed E-state index contributed by atoms with van der Waals surface area (Å²) in [6.07, 6.45) is 4.48. The minimum absolute atomic E-state index is 0.268. The molecule has 1 amide bonds. The fraction of sp³-hybridized carbons (Fsp3) is 0.125. The van der Waals surface area contributed by atoms with E-state index in [1.165, 1.54) is 18.6 Å². The number of hydrogen-bond acceptors (Lipinski definition) is 6. The van der Waals surface area contributed by atoms with Gasteiger partial charge in [0.15, 0.2) is 5.17 Å². The molecule has 2 aliphatic rings. The largest absolute Gasteiger partial charge is 0.321 e. The van der Waals surface area contributed by atoms with Crippen molar-refractivity contribution < 1.29 is 4.79 Å². The van der Waals surface area contributed by atoms with Crippen LogP contribution < -0.4 is 5.32 Å². The van der Waals surface area contributed by atoms with Crippen molar-refractivity contribution in [1.82, 2.24) is 14.9 Å². The van der Waals surface area contributed by atoms with Gasteiger partial charge in [-0.2, -0.15) is 0 Å². The summed E-state index contributed by atoms with van der Waals surface area (Å²) in [5.41, 5.74) is 3.30. The highest BCUT2D eigenvalue weighted by Crippen LogP contribution is 2.35. The van der Waals surface area contributed by atoms with Crippen molar-refractivity contribution in [2.24, 2.45) is 4.99 Å². The van der Waals surface area contributed by atoms with Crippen LogP contribution in [-0.4, -0.2) is 39.0 Å². The average molecular weight is 323 g/mol. The van der Waals surface area contributed by atoms with Gasteiger partial charge in [-0.3, -0.25) is 14.8 Å². The first kappa shape index (κ1) is 14.0. The highest BCUT2D eigenvalue weighted by Gasteiger charge is 2.26. The number of aromatic nitrogens is 2. The van der Waals surface area contributed by atoms with Crippen LogP contribution in [0, 0.1) is 0 Å². The molecule has 23 heavy (non-hydrogen) atoms. The smallest absolute Gasteiger partial charge is 0.275 e. The van der Waals surface area contributed by atoms with E-state index >= 15 is 0 Å². The van der Waals surface area contributed by atoms with Crippen molar-refractivity contribution in [1.29, 1.82) is 0 Å². The van der Waals surface area contributed by atoms with E-state index in [-0.39, 0.29) is 5.91 Å². The quantitative estimate of drug-likeness (QED) is 0.939. The number of carbonyl (C=O) groups excluding carboxylic acids is 1. The molecule has 4 rings (SSSR count). The number of aliphatic imine (C=N–C) groups is 1. The van der Waals surface area contributed by atoms with E-state index in [1.807, 2.05) is 24.3 Å². The maximum absolute atomic E-state index is 12.1. The number of nitrogens with zero attached hydrogens (tertiary/aromatic N) is 4. The van der Waals surface area contributed by atoms with Crippen LogP contribution in [0.1, 0.15) is 16.1 Å². The highest BCUT2D eigenvalue weighted by atomic mass is 32.2. The van der Waals surface area contributed by atoms with Gasteiger partial charge in [-0.1, -0.05) is 23.9 Å². The molecule has 2 aliphatic heterocycles. The Morgan fingerprint density at radius 3 is 2.87 bits per heavy atom. The number of anilines is 1. The zero-order valence-electron chi connectivity index (χ0n) is 12.1. The molecule has 3 heterocycles. The molecule has 0 bridgehead atoms. The van der Waals surface area contributed by atoms with Gasteiger partial charge in [-0.05, 0) is 17.7 Å². The summed E-state index contributed by atoms with van der Waals surface area (Å²) in [6, 6.07) is 7.78. The third-order valence-electron chi connectivity index (χ3n) is 3.60. The third kappa shape index (κ3) is 2.70. The summed E-state index contributed by atoms with van der Waals surface area (Å²) in [5.74, 6) is -0.268. The van der Waals surface area contributed by atoms with Crippen molar-refractivity contribution in [3.05, 3.63) is 59.5 Å². The molecule has 1 aromatic carbocycles. The van der Waals surface area contributed by atoms with Gasteiger partial charge in [0, 0.05) is 30.0 Å². The van der Waals surface area contributed by atoms with Crippen LogP contribution in [0.25, 0.3) is 5.70 Å². The number of fused-ring (bicyclic) bond motifs is 1. The van der Waals surface area contributed by atoms with Gasteiger partial charge in [0.2, 0.25) is 0 Å². The summed E-state index contributed by atoms with van der Waals surface area (Å²) >= 11 is 1.66. The molecule has 0 fully saturated rings. The van der Waals surface area contributed by atoms with Crippen LogP contribution in [0.2, 0.25) is 0 Å². The first-order valence-corrected chi connectivity index (χ1v) is 8.06. The van der Waals surface area contributed by atoms with Gasteiger partial charge >= 0.3 is 0 Å². The Morgan fingerprint density at radius 2 is 2.09 bits per heavy atom. The van der Waals surface area contributed by atoms with E-state index in [2.05, 4.69) is 30.6 Å². The van der Waals surface area contributed by atoms with E-state index in [4.69, 9.17) is 0 Å². The fourth-order valence-corrected chi connectivity index (χ4v) is 3.45. The Bertz CT molecular complexity index is 801. The summed E-state index contributed by atoms with van der Waals surface area (Å²) in [4.78, 5) is 26.6. The Labute approximate surface area is 137 Å². The molecule has 114 valence electrons. The van der Waals surface area contributed by atoms with Crippen molar-refractivity contribution in [3.8, 4) is 0 Å². The maximum atomic E-state index is 12.1. The Morgan fingerprint density at radius 1 is 1.22 bits per heavy atom. The van der Waals surface area contributed by atoms with Crippen LogP contribution in [0.3, 0.4) is 0 Å². The minimum Gasteiger partial charge on any atom is -0.321 e. The zero-order chi connectivity index (χ0) is 15.6.